The molecule has 4 nitrogen and oxygen atoms in total. The van der Waals surface area contributed by atoms with E-state index >= 15 is 0 Å². The number of unbranched alkanes of at least 4 members (excludes halogenated alkanes) is 1. The van der Waals surface area contributed by atoms with Gasteiger partial charge in [0.1, 0.15) is 0 Å². The van der Waals surface area contributed by atoms with E-state index in [0.717, 1.165) is 12.8 Å². The fourth-order valence-electron chi connectivity index (χ4n) is 1.27. The highest BCUT2D eigenvalue weighted by Crippen LogP contribution is 2.26. The van der Waals surface area contributed by atoms with Crippen LogP contribution in [0.5, 0.6) is 5.75 Å². The predicted molar refractivity (Wildman–Crippen MR) is 79.3 cm³/mol. The van der Waals surface area contributed by atoms with Gasteiger partial charge in [0.2, 0.25) is 0 Å². The Morgan fingerprint density at radius 1 is 1.63 bits per heavy atom. The van der Waals surface area contributed by atoms with Crippen LogP contribution in [0.25, 0.3) is 0 Å². The average Bonchev–Trinajstić information content (AvgIpc) is 2.36. The van der Waals surface area contributed by atoms with Gasteiger partial charge < -0.3 is 10.5 Å². The largest absolute Gasteiger partial charge is 0.490 e. The zero-order chi connectivity index (χ0) is 14.3. The van der Waals surface area contributed by atoms with E-state index < -0.39 is 5.82 Å². The van der Waals surface area contributed by atoms with Crippen molar-refractivity contribution in [1.29, 1.82) is 0 Å². The van der Waals surface area contributed by atoms with Crippen molar-refractivity contribution in [2.45, 2.75) is 19.8 Å². The van der Waals surface area contributed by atoms with E-state index in [0.29, 0.717) is 6.61 Å². The highest BCUT2D eigenvalue weighted by Gasteiger charge is 2.12. The molecule has 104 valence electrons. The molecule has 1 aromatic rings. The van der Waals surface area contributed by atoms with Crippen LogP contribution >= 0.6 is 23.8 Å². The number of hydrogen-bond donors (Lipinski definition) is 2. The Bertz CT molecular complexity index is 482. The number of nitrogens with one attached hydrogen (secondary N) is 1. The second-order valence-corrected chi connectivity index (χ2v) is 4.56. The van der Waals surface area contributed by atoms with Gasteiger partial charge in [0.15, 0.2) is 16.7 Å². The lowest BCUT2D eigenvalue weighted by Crippen LogP contribution is -2.24. The molecule has 0 aliphatic heterocycles. The molecule has 0 aliphatic carbocycles. The van der Waals surface area contributed by atoms with Crippen molar-refractivity contribution in [3.05, 3.63) is 28.5 Å². The lowest BCUT2D eigenvalue weighted by molar-refractivity contribution is 0.294. The highest BCUT2D eigenvalue weighted by atomic mass is 35.5. The van der Waals surface area contributed by atoms with Gasteiger partial charge in [0, 0.05) is 0 Å². The minimum Gasteiger partial charge on any atom is -0.490 e. The first kappa shape index (κ1) is 15.7. The standard InChI is InChI=1S/C12H15ClFN3OS/c1-2-3-6-18-10-5-4-9(13)8(11(10)14)7-16-17-12(15)19/h4-5,7H,2-3,6H2,1H3,(H3,15,17,19). The van der Waals surface area contributed by atoms with Gasteiger partial charge in [0.25, 0.3) is 0 Å². The normalized spacial score (nSPS) is 10.7. The third-order valence-corrected chi connectivity index (χ3v) is 2.64. The zero-order valence-electron chi connectivity index (χ0n) is 10.5. The van der Waals surface area contributed by atoms with Crippen molar-refractivity contribution < 1.29 is 9.13 Å². The lowest BCUT2D eigenvalue weighted by atomic mass is 10.2. The van der Waals surface area contributed by atoms with E-state index in [1.54, 1.807) is 6.07 Å². The highest BCUT2D eigenvalue weighted by molar-refractivity contribution is 7.80. The van der Waals surface area contributed by atoms with Crippen LogP contribution in [0.2, 0.25) is 5.02 Å². The Morgan fingerprint density at radius 3 is 3.00 bits per heavy atom. The monoisotopic (exact) mass is 303 g/mol. The molecule has 0 heterocycles. The second kappa shape index (κ2) is 7.91. The van der Waals surface area contributed by atoms with E-state index in [1.807, 2.05) is 6.92 Å². The maximum atomic E-state index is 14.1. The SMILES string of the molecule is CCCCOc1ccc(Cl)c(C=NNC(N)=S)c1F. The van der Waals surface area contributed by atoms with E-state index in [2.05, 4.69) is 22.7 Å². The van der Waals surface area contributed by atoms with Crippen molar-refractivity contribution in [3.63, 3.8) is 0 Å². The Balaban J connectivity index is 2.87. The quantitative estimate of drug-likeness (QED) is 0.367. The number of ether oxygens (including phenoxy) is 1. The first-order valence-corrected chi connectivity index (χ1v) is 6.54. The molecule has 0 aromatic heterocycles. The maximum Gasteiger partial charge on any atom is 0.184 e. The predicted octanol–water partition coefficient (Wildman–Crippen LogP) is 2.83. The summed E-state index contributed by atoms with van der Waals surface area (Å²) >= 11 is 10.5. The maximum absolute atomic E-state index is 14.1. The number of nitrogens with zero attached hydrogens (tertiary/aromatic N) is 1. The summed E-state index contributed by atoms with van der Waals surface area (Å²) in [5.41, 5.74) is 7.66. The van der Waals surface area contributed by atoms with Crippen molar-refractivity contribution >= 4 is 35.1 Å². The molecule has 3 N–H and O–H groups in total. The Kier molecular flexibility index (Phi) is 6.52. The molecule has 19 heavy (non-hydrogen) atoms. The third-order valence-electron chi connectivity index (χ3n) is 2.21. The van der Waals surface area contributed by atoms with Crippen LogP contribution in [0.15, 0.2) is 17.2 Å². The first-order valence-electron chi connectivity index (χ1n) is 5.75. The number of hydrazone groups is 1. The minimum absolute atomic E-state index is 0.0110. The molecule has 7 heteroatoms. The molecule has 0 radical (unpaired) electrons. The smallest absolute Gasteiger partial charge is 0.184 e. The van der Waals surface area contributed by atoms with Crippen molar-refractivity contribution in [3.8, 4) is 5.75 Å². The fraction of sp³-hybridized carbons (Fsp3) is 0.333. The van der Waals surface area contributed by atoms with Crippen LogP contribution < -0.4 is 15.9 Å². The summed E-state index contributed by atoms with van der Waals surface area (Å²) < 4.78 is 19.4. The molecule has 0 bridgehead atoms. The fourth-order valence-corrected chi connectivity index (χ4v) is 1.51. The number of halogens is 2. The Hall–Kier alpha value is -1.40. The van der Waals surface area contributed by atoms with Crippen LogP contribution in [-0.4, -0.2) is 17.9 Å². The number of nitrogens with two attached hydrogens (primary N) is 1. The number of rotatable bonds is 6. The van der Waals surface area contributed by atoms with Crippen LogP contribution in [0.4, 0.5) is 4.39 Å². The van der Waals surface area contributed by atoms with Gasteiger partial charge in [-0.15, -0.1) is 0 Å². The molecule has 0 amide bonds. The third kappa shape index (κ3) is 5.00. The summed E-state index contributed by atoms with van der Waals surface area (Å²) in [4.78, 5) is 0. The van der Waals surface area contributed by atoms with Gasteiger partial charge in [-0.25, -0.2) is 4.39 Å². The second-order valence-electron chi connectivity index (χ2n) is 3.71. The summed E-state index contributed by atoms with van der Waals surface area (Å²) in [6.45, 7) is 2.48. The van der Waals surface area contributed by atoms with Crippen LogP contribution in [0.3, 0.4) is 0 Å². The minimum atomic E-state index is -0.558. The van der Waals surface area contributed by atoms with Gasteiger partial charge in [-0.1, -0.05) is 24.9 Å². The summed E-state index contributed by atoms with van der Waals surface area (Å²) in [5.74, 6) is -0.410. The molecule has 1 rings (SSSR count). The molecule has 0 atom stereocenters. The Morgan fingerprint density at radius 2 is 2.37 bits per heavy atom. The molecule has 0 aliphatic rings. The van der Waals surface area contributed by atoms with E-state index in [-0.39, 0.29) is 21.4 Å². The topological polar surface area (TPSA) is 59.6 Å². The van der Waals surface area contributed by atoms with Crippen molar-refractivity contribution in [2.75, 3.05) is 6.61 Å². The number of hydrogen-bond acceptors (Lipinski definition) is 3. The van der Waals surface area contributed by atoms with Crippen molar-refractivity contribution in [1.82, 2.24) is 5.43 Å². The number of benzene rings is 1. The molecule has 0 saturated carbocycles. The molecular weight excluding hydrogens is 289 g/mol. The Labute approximate surface area is 121 Å². The van der Waals surface area contributed by atoms with E-state index in [1.165, 1.54) is 12.3 Å². The summed E-state index contributed by atoms with van der Waals surface area (Å²) in [5, 5.41) is 3.90. The number of thiocarbonyl (C=S) groups is 1. The van der Waals surface area contributed by atoms with E-state index in [4.69, 9.17) is 22.1 Å². The molecule has 0 saturated heterocycles. The van der Waals surface area contributed by atoms with Gasteiger partial charge in [-0.3, -0.25) is 5.43 Å². The summed E-state index contributed by atoms with van der Waals surface area (Å²) in [7, 11) is 0. The molecule has 1 aromatic carbocycles. The molecule has 0 fully saturated rings. The summed E-state index contributed by atoms with van der Waals surface area (Å²) in [6.07, 6.45) is 3.04. The lowest BCUT2D eigenvalue weighted by Gasteiger charge is -2.09. The molecule has 0 unspecified atom stereocenters. The van der Waals surface area contributed by atoms with E-state index in [9.17, 15) is 4.39 Å². The van der Waals surface area contributed by atoms with Crippen LogP contribution in [0, 0.1) is 5.82 Å². The zero-order valence-corrected chi connectivity index (χ0v) is 12.0. The van der Waals surface area contributed by atoms with Gasteiger partial charge >= 0.3 is 0 Å². The molecule has 0 spiro atoms. The van der Waals surface area contributed by atoms with Crippen LogP contribution in [0.1, 0.15) is 25.3 Å². The molecular formula is C12H15ClFN3OS. The van der Waals surface area contributed by atoms with Gasteiger partial charge in [0.05, 0.1) is 23.4 Å². The average molecular weight is 304 g/mol. The van der Waals surface area contributed by atoms with Gasteiger partial charge in [-0.05, 0) is 30.8 Å². The van der Waals surface area contributed by atoms with Crippen LogP contribution in [-0.2, 0) is 0 Å². The van der Waals surface area contributed by atoms with Gasteiger partial charge in [-0.2, -0.15) is 5.10 Å². The van der Waals surface area contributed by atoms with Crippen molar-refractivity contribution in [2.24, 2.45) is 10.8 Å². The first-order chi connectivity index (χ1) is 9.06. The summed E-state index contributed by atoms with van der Waals surface area (Å²) in [6, 6.07) is 3.04.